The maximum atomic E-state index is 10.8. The summed E-state index contributed by atoms with van der Waals surface area (Å²) in [5.74, 6) is 0.464. The highest BCUT2D eigenvalue weighted by atomic mass is 16.5. The van der Waals surface area contributed by atoms with Crippen LogP contribution < -0.4 is 0 Å². The molecule has 0 saturated carbocycles. The minimum Gasteiger partial charge on any atom is -0.507 e. The van der Waals surface area contributed by atoms with Crippen molar-refractivity contribution in [3.8, 4) is 5.75 Å². The molecule has 0 spiro atoms. The van der Waals surface area contributed by atoms with Gasteiger partial charge in [0.15, 0.2) is 0 Å². The Balaban J connectivity index is 2.41. The van der Waals surface area contributed by atoms with Crippen LogP contribution in [0.4, 0.5) is 0 Å². The average molecular weight is 305 g/mol. The fourth-order valence-corrected chi connectivity index (χ4v) is 2.95. The third-order valence-electron chi connectivity index (χ3n) is 4.30. The van der Waals surface area contributed by atoms with Crippen molar-refractivity contribution in [3.05, 3.63) is 28.8 Å². The Hall–Kier alpha value is -1.06. The molecule has 1 aromatic carbocycles. The van der Waals surface area contributed by atoms with Crippen LogP contribution in [0.3, 0.4) is 0 Å². The minimum absolute atomic E-state index is 0.0644. The standard InChI is InChI=1S/C19H31NO2/c1-18(2,3)15-11-14(13-20-7-9-22-10-8-20)12-16(17(15)21)19(4,5)6/h11-12,21H,7-10,13H2,1-6H3. The molecule has 0 amide bonds. The van der Waals surface area contributed by atoms with Crippen molar-refractivity contribution in [2.75, 3.05) is 26.3 Å². The van der Waals surface area contributed by atoms with Gasteiger partial charge in [0.2, 0.25) is 0 Å². The van der Waals surface area contributed by atoms with E-state index in [0.29, 0.717) is 5.75 Å². The Morgan fingerprint density at radius 3 is 1.82 bits per heavy atom. The van der Waals surface area contributed by atoms with E-state index < -0.39 is 0 Å². The minimum atomic E-state index is -0.0644. The van der Waals surface area contributed by atoms with Crippen LogP contribution in [-0.4, -0.2) is 36.3 Å². The second-order valence-electron chi connectivity index (χ2n) is 8.43. The first kappa shape index (κ1) is 17.3. The van der Waals surface area contributed by atoms with Crippen molar-refractivity contribution in [1.82, 2.24) is 4.90 Å². The Morgan fingerprint density at radius 1 is 0.955 bits per heavy atom. The molecule has 0 aromatic heterocycles. The first-order chi connectivity index (χ1) is 10.1. The van der Waals surface area contributed by atoms with Crippen LogP contribution in [-0.2, 0) is 22.1 Å². The number of aromatic hydroxyl groups is 1. The van der Waals surface area contributed by atoms with Crippen LogP contribution in [0.25, 0.3) is 0 Å². The summed E-state index contributed by atoms with van der Waals surface area (Å²) in [5.41, 5.74) is 3.25. The number of hydrogen-bond donors (Lipinski definition) is 1. The molecule has 2 rings (SSSR count). The van der Waals surface area contributed by atoms with E-state index in [1.807, 2.05) is 0 Å². The predicted octanol–water partition coefficient (Wildman–Crippen LogP) is 3.82. The molecule has 0 bridgehead atoms. The molecule has 1 aliphatic rings. The molecule has 1 aliphatic heterocycles. The van der Waals surface area contributed by atoms with Crippen molar-refractivity contribution in [2.45, 2.75) is 58.9 Å². The van der Waals surface area contributed by atoms with Crippen LogP contribution in [0.2, 0.25) is 0 Å². The van der Waals surface area contributed by atoms with Crippen LogP contribution in [0.1, 0.15) is 58.2 Å². The van der Waals surface area contributed by atoms with Crippen molar-refractivity contribution >= 4 is 0 Å². The van der Waals surface area contributed by atoms with Gasteiger partial charge in [-0.05, 0) is 27.5 Å². The number of ether oxygens (including phenoxy) is 1. The summed E-state index contributed by atoms with van der Waals surface area (Å²) < 4.78 is 5.43. The molecule has 0 unspecified atom stereocenters. The van der Waals surface area contributed by atoms with Gasteiger partial charge in [0.1, 0.15) is 5.75 Å². The number of phenols is 1. The summed E-state index contributed by atoms with van der Waals surface area (Å²) >= 11 is 0. The summed E-state index contributed by atoms with van der Waals surface area (Å²) in [6.45, 7) is 17.5. The van der Waals surface area contributed by atoms with Gasteiger partial charge in [0.05, 0.1) is 13.2 Å². The zero-order valence-electron chi connectivity index (χ0n) is 15.0. The molecular formula is C19H31NO2. The summed E-state index contributed by atoms with van der Waals surface area (Å²) in [6.07, 6.45) is 0. The van der Waals surface area contributed by atoms with E-state index in [-0.39, 0.29) is 10.8 Å². The molecule has 1 fully saturated rings. The van der Waals surface area contributed by atoms with Gasteiger partial charge in [-0.25, -0.2) is 0 Å². The second kappa shape index (κ2) is 6.21. The summed E-state index contributed by atoms with van der Waals surface area (Å²) in [7, 11) is 0. The smallest absolute Gasteiger partial charge is 0.123 e. The highest BCUT2D eigenvalue weighted by Gasteiger charge is 2.27. The maximum absolute atomic E-state index is 10.8. The second-order valence-corrected chi connectivity index (χ2v) is 8.43. The van der Waals surface area contributed by atoms with E-state index in [4.69, 9.17) is 4.74 Å². The average Bonchev–Trinajstić information content (AvgIpc) is 2.39. The van der Waals surface area contributed by atoms with Crippen molar-refractivity contribution < 1.29 is 9.84 Å². The van der Waals surface area contributed by atoms with Gasteiger partial charge >= 0.3 is 0 Å². The van der Waals surface area contributed by atoms with Gasteiger partial charge in [-0.3, -0.25) is 4.90 Å². The van der Waals surface area contributed by atoms with Crippen molar-refractivity contribution in [3.63, 3.8) is 0 Å². The van der Waals surface area contributed by atoms with Crippen LogP contribution >= 0.6 is 0 Å². The molecule has 124 valence electrons. The normalized spacial score (nSPS) is 17.7. The monoisotopic (exact) mass is 305 g/mol. The zero-order chi connectivity index (χ0) is 16.5. The van der Waals surface area contributed by atoms with Gasteiger partial charge < -0.3 is 9.84 Å². The van der Waals surface area contributed by atoms with Crippen molar-refractivity contribution in [1.29, 1.82) is 0 Å². The number of nitrogens with zero attached hydrogens (tertiary/aromatic N) is 1. The Labute approximate surface area is 135 Å². The van der Waals surface area contributed by atoms with Gasteiger partial charge in [0.25, 0.3) is 0 Å². The third kappa shape index (κ3) is 4.02. The SMILES string of the molecule is CC(C)(C)c1cc(CN2CCOCC2)cc(C(C)(C)C)c1O. The molecule has 3 nitrogen and oxygen atoms in total. The number of hydrogen-bond acceptors (Lipinski definition) is 3. The van der Waals surface area contributed by atoms with Gasteiger partial charge in [-0.1, -0.05) is 53.7 Å². The molecule has 1 aromatic rings. The molecule has 0 aliphatic carbocycles. The van der Waals surface area contributed by atoms with Gasteiger partial charge in [-0.15, -0.1) is 0 Å². The molecule has 1 heterocycles. The van der Waals surface area contributed by atoms with E-state index in [1.54, 1.807) is 0 Å². The quantitative estimate of drug-likeness (QED) is 0.901. The van der Waals surface area contributed by atoms with Crippen LogP contribution in [0, 0.1) is 0 Å². The first-order valence-corrected chi connectivity index (χ1v) is 8.26. The Morgan fingerprint density at radius 2 is 1.41 bits per heavy atom. The molecule has 0 radical (unpaired) electrons. The van der Waals surface area contributed by atoms with Crippen molar-refractivity contribution in [2.24, 2.45) is 0 Å². The summed E-state index contributed by atoms with van der Waals surface area (Å²) in [6, 6.07) is 4.36. The van der Waals surface area contributed by atoms with Gasteiger partial charge in [-0.2, -0.15) is 0 Å². The van der Waals surface area contributed by atoms with E-state index in [1.165, 1.54) is 5.56 Å². The summed E-state index contributed by atoms with van der Waals surface area (Å²) in [4.78, 5) is 2.43. The highest BCUT2D eigenvalue weighted by Crippen LogP contribution is 2.39. The topological polar surface area (TPSA) is 32.7 Å². The van der Waals surface area contributed by atoms with Crippen LogP contribution in [0.15, 0.2) is 12.1 Å². The lowest BCUT2D eigenvalue weighted by Gasteiger charge is -2.31. The number of rotatable bonds is 2. The zero-order valence-corrected chi connectivity index (χ0v) is 15.0. The number of benzene rings is 1. The molecular weight excluding hydrogens is 274 g/mol. The summed E-state index contributed by atoms with van der Waals surface area (Å²) in [5, 5.41) is 10.8. The molecule has 0 atom stereocenters. The van der Waals surface area contributed by atoms with Crippen LogP contribution in [0.5, 0.6) is 5.75 Å². The Kier molecular flexibility index (Phi) is 4.88. The van der Waals surface area contributed by atoms with E-state index >= 15 is 0 Å². The Bertz CT molecular complexity index is 482. The largest absolute Gasteiger partial charge is 0.507 e. The van der Waals surface area contributed by atoms with E-state index in [2.05, 4.69) is 58.6 Å². The van der Waals surface area contributed by atoms with Gasteiger partial charge in [0, 0.05) is 19.6 Å². The lowest BCUT2D eigenvalue weighted by molar-refractivity contribution is 0.0341. The molecule has 22 heavy (non-hydrogen) atoms. The molecule has 1 saturated heterocycles. The maximum Gasteiger partial charge on any atom is 0.123 e. The predicted molar refractivity (Wildman–Crippen MR) is 91.6 cm³/mol. The lowest BCUT2D eigenvalue weighted by atomic mass is 9.78. The third-order valence-corrected chi connectivity index (χ3v) is 4.30. The number of phenolic OH excluding ortho intramolecular Hbond substituents is 1. The first-order valence-electron chi connectivity index (χ1n) is 8.26. The molecule has 3 heteroatoms. The fourth-order valence-electron chi connectivity index (χ4n) is 2.95. The lowest BCUT2D eigenvalue weighted by Crippen LogP contribution is -2.35. The number of morpholine rings is 1. The van der Waals surface area contributed by atoms with E-state index in [0.717, 1.165) is 44.0 Å². The fraction of sp³-hybridized carbons (Fsp3) is 0.684. The van der Waals surface area contributed by atoms with E-state index in [9.17, 15) is 5.11 Å². The highest BCUT2D eigenvalue weighted by molar-refractivity contribution is 5.49. The molecule has 1 N–H and O–H groups in total.